The van der Waals surface area contributed by atoms with Gasteiger partial charge in [-0.1, -0.05) is 12.7 Å². The molecule has 0 spiro atoms. The summed E-state index contributed by atoms with van der Waals surface area (Å²) in [5.74, 6) is -0.981. The average Bonchev–Trinajstić information content (AvgIpc) is 2.33. The third kappa shape index (κ3) is 23.7. The van der Waals surface area contributed by atoms with Gasteiger partial charge in [0.1, 0.15) is 6.61 Å². The fourth-order valence-corrected chi connectivity index (χ4v) is 0.574. The average molecular weight is 262 g/mol. The van der Waals surface area contributed by atoms with Crippen molar-refractivity contribution in [3.05, 3.63) is 25.3 Å². The number of ether oxygens (including phenoxy) is 3. The lowest BCUT2D eigenvalue weighted by Gasteiger charge is -2.03. The molecule has 18 heavy (non-hydrogen) atoms. The minimum atomic E-state index is -1.29. The van der Waals surface area contributed by atoms with Crippen LogP contribution in [0.25, 0.3) is 0 Å². The number of hydrogen-bond donors (Lipinski definition) is 2. The van der Waals surface area contributed by atoms with E-state index in [4.69, 9.17) is 19.7 Å². The molecule has 104 valence electrons. The molecule has 0 aliphatic heterocycles. The summed E-state index contributed by atoms with van der Waals surface area (Å²) in [6, 6.07) is 0. The summed E-state index contributed by atoms with van der Waals surface area (Å²) in [4.78, 5) is 19.1. The highest BCUT2D eigenvalue weighted by atomic mass is 16.7. The molecular weight excluding hydrogens is 244 g/mol. The number of aliphatic carboxylic acids is 1. The first-order valence-corrected chi connectivity index (χ1v) is 5.02. The van der Waals surface area contributed by atoms with Crippen LogP contribution in [0.2, 0.25) is 0 Å². The number of hydrogen-bond acceptors (Lipinski definition) is 5. The summed E-state index contributed by atoms with van der Waals surface area (Å²) in [5.41, 5.74) is 0. The lowest BCUT2D eigenvalue weighted by Crippen LogP contribution is -2.11. The molecule has 7 nitrogen and oxygen atoms in total. The van der Waals surface area contributed by atoms with Gasteiger partial charge in [-0.25, -0.2) is 9.59 Å². The normalized spacial score (nSPS) is 8.67. The first kappa shape index (κ1) is 18.5. The highest BCUT2D eigenvalue weighted by Gasteiger charge is 1.94. The summed E-state index contributed by atoms with van der Waals surface area (Å²) < 4.78 is 14.2. The summed E-state index contributed by atoms with van der Waals surface area (Å²) >= 11 is 0. The second-order valence-electron chi connectivity index (χ2n) is 2.63. The van der Waals surface area contributed by atoms with Crippen molar-refractivity contribution < 1.29 is 34.0 Å². The van der Waals surface area contributed by atoms with Gasteiger partial charge >= 0.3 is 12.1 Å². The monoisotopic (exact) mass is 262 g/mol. The molecule has 0 saturated heterocycles. The fraction of sp³-hybridized carbons (Fsp3) is 0.455. The van der Waals surface area contributed by atoms with Crippen LogP contribution < -0.4 is 0 Å². The number of rotatable bonds is 9. The van der Waals surface area contributed by atoms with Gasteiger partial charge in [-0.15, -0.1) is 6.58 Å². The van der Waals surface area contributed by atoms with E-state index in [-0.39, 0.29) is 13.2 Å². The highest BCUT2D eigenvalue weighted by Crippen LogP contribution is 1.81. The Morgan fingerprint density at radius 2 is 1.50 bits per heavy atom. The minimum absolute atomic E-state index is 0.0524. The first-order valence-electron chi connectivity index (χ1n) is 5.02. The number of carbonyl (C=O) groups is 2. The molecule has 0 rings (SSSR count). The maximum atomic E-state index is 9.86. The second kappa shape index (κ2) is 15.1. The van der Waals surface area contributed by atoms with Crippen molar-refractivity contribution in [1.29, 1.82) is 0 Å². The molecule has 0 bridgehead atoms. The zero-order chi connectivity index (χ0) is 14.2. The van der Waals surface area contributed by atoms with Crippen LogP contribution in [0.1, 0.15) is 0 Å². The van der Waals surface area contributed by atoms with Crippen LogP contribution in [0.4, 0.5) is 4.79 Å². The van der Waals surface area contributed by atoms with Gasteiger partial charge in [-0.2, -0.15) is 0 Å². The standard InChI is InChI=1S/C8H14O5.C3H4O2/c1-2-3-11-4-5-12-6-7-13-8(9)10;1-2-3(4)5/h2H,1,3-7H2,(H,9,10);2H,1H2,(H,4,5). The Kier molecular flexibility index (Phi) is 15.6. The summed E-state index contributed by atoms with van der Waals surface area (Å²) in [6.07, 6.45) is 1.19. The molecule has 0 aromatic heterocycles. The molecule has 7 heteroatoms. The van der Waals surface area contributed by atoms with Crippen LogP contribution >= 0.6 is 0 Å². The van der Waals surface area contributed by atoms with E-state index in [2.05, 4.69) is 17.9 Å². The van der Waals surface area contributed by atoms with Crippen molar-refractivity contribution in [2.24, 2.45) is 0 Å². The quantitative estimate of drug-likeness (QED) is 0.278. The van der Waals surface area contributed by atoms with E-state index in [1.54, 1.807) is 6.08 Å². The molecule has 0 radical (unpaired) electrons. The van der Waals surface area contributed by atoms with Crippen LogP contribution in [0.5, 0.6) is 0 Å². The van der Waals surface area contributed by atoms with Crippen molar-refractivity contribution in [2.75, 3.05) is 33.0 Å². The molecule has 0 unspecified atom stereocenters. The van der Waals surface area contributed by atoms with Crippen LogP contribution in [-0.2, 0) is 19.0 Å². The second-order valence-corrected chi connectivity index (χ2v) is 2.63. The van der Waals surface area contributed by atoms with Gasteiger partial charge in [0, 0.05) is 6.08 Å². The number of carboxylic acids is 1. The Morgan fingerprint density at radius 1 is 1.00 bits per heavy atom. The van der Waals surface area contributed by atoms with E-state index in [0.717, 1.165) is 6.08 Å². The van der Waals surface area contributed by atoms with Gasteiger partial charge in [0.05, 0.1) is 26.4 Å². The van der Waals surface area contributed by atoms with Crippen LogP contribution in [0, 0.1) is 0 Å². The van der Waals surface area contributed by atoms with E-state index in [9.17, 15) is 9.59 Å². The van der Waals surface area contributed by atoms with Gasteiger partial charge in [-0.05, 0) is 0 Å². The lowest BCUT2D eigenvalue weighted by atomic mass is 10.7. The Balaban J connectivity index is 0. The Labute approximate surface area is 105 Å². The third-order valence-corrected chi connectivity index (χ3v) is 1.24. The molecule has 0 aromatic carbocycles. The van der Waals surface area contributed by atoms with E-state index >= 15 is 0 Å². The predicted molar refractivity (Wildman–Crippen MR) is 63.6 cm³/mol. The minimum Gasteiger partial charge on any atom is -0.478 e. The maximum Gasteiger partial charge on any atom is 0.505 e. The predicted octanol–water partition coefficient (Wildman–Crippen LogP) is 1.16. The molecule has 0 amide bonds. The lowest BCUT2D eigenvalue weighted by molar-refractivity contribution is -0.131. The van der Waals surface area contributed by atoms with Crippen LogP contribution in [0.3, 0.4) is 0 Å². The zero-order valence-electron chi connectivity index (χ0n) is 10.0. The van der Waals surface area contributed by atoms with Gasteiger partial charge in [0.15, 0.2) is 0 Å². The van der Waals surface area contributed by atoms with E-state index in [1.807, 2.05) is 0 Å². The Morgan fingerprint density at radius 3 is 1.94 bits per heavy atom. The van der Waals surface area contributed by atoms with Gasteiger partial charge in [-0.3, -0.25) is 0 Å². The molecule has 0 atom stereocenters. The Bertz CT molecular complexity index is 250. The number of carboxylic acid groups (broad SMARTS) is 2. The summed E-state index contributed by atoms with van der Waals surface area (Å²) in [7, 11) is 0. The third-order valence-electron chi connectivity index (χ3n) is 1.24. The molecule has 0 aliphatic carbocycles. The molecule has 0 saturated carbocycles. The zero-order valence-corrected chi connectivity index (χ0v) is 10.0. The van der Waals surface area contributed by atoms with Crippen molar-refractivity contribution in [3.8, 4) is 0 Å². The molecule has 0 aliphatic rings. The Hall–Kier alpha value is -1.86. The summed E-state index contributed by atoms with van der Waals surface area (Å²) in [5, 5.41) is 15.7. The van der Waals surface area contributed by atoms with Crippen molar-refractivity contribution in [2.45, 2.75) is 0 Å². The van der Waals surface area contributed by atoms with Crippen molar-refractivity contribution in [1.82, 2.24) is 0 Å². The smallest absolute Gasteiger partial charge is 0.478 e. The van der Waals surface area contributed by atoms with Crippen LogP contribution in [-0.4, -0.2) is 55.4 Å². The van der Waals surface area contributed by atoms with E-state index in [1.165, 1.54) is 0 Å². The molecule has 0 fully saturated rings. The van der Waals surface area contributed by atoms with Crippen LogP contribution in [0.15, 0.2) is 25.3 Å². The van der Waals surface area contributed by atoms with Crippen molar-refractivity contribution >= 4 is 12.1 Å². The van der Waals surface area contributed by atoms with Gasteiger partial charge < -0.3 is 24.4 Å². The maximum absolute atomic E-state index is 9.86. The first-order chi connectivity index (χ1) is 8.54. The fourth-order valence-electron chi connectivity index (χ4n) is 0.574. The van der Waals surface area contributed by atoms with E-state index < -0.39 is 12.1 Å². The topological polar surface area (TPSA) is 102 Å². The highest BCUT2D eigenvalue weighted by molar-refractivity contribution is 5.78. The SMILES string of the molecule is C=CC(=O)O.C=CCOCCOCCOC(=O)O. The molecular formula is C11H18O7. The summed E-state index contributed by atoms with van der Waals surface area (Å²) in [6.45, 7) is 8.14. The molecule has 0 aromatic rings. The van der Waals surface area contributed by atoms with Gasteiger partial charge in [0.25, 0.3) is 0 Å². The van der Waals surface area contributed by atoms with Crippen molar-refractivity contribution in [3.63, 3.8) is 0 Å². The largest absolute Gasteiger partial charge is 0.505 e. The molecule has 2 N–H and O–H groups in total. The van der Waals surface area contributed by atoms with E-state index in [0.29, 0.717) is 19.8 Å². The molecule has 0 heterocycles. The van der Waals surface area contributed by atoms with Gasteiger partial charge in [0.2, 0.25) is 0 Å².